The van der Waals surface area contributed by atoms with Gasteiger partial charge in [-0.05, 0) is 47.2 Å². The molecule has 0 amide bonds. The molecule has 0 radical (unpaired) electrons. The number of H-pyrrole nitrogens is 1. The van der Waals surface area contributed by atoms with E-state index in [4.69, 9.17) is 9.47 Å². The Bertz CT molecular complexity index is 1320. The molecular formula is C27H25N3O3. The summed E-state index contributed by atoms with van der Waals surface area (Å²) in [4.78, 5) is 20.5. The number of hydrogen-bond donors (Lipinski definition) is 1. The summed E-state index contributed by atoms with van der Waals surface area (Å²) >= 11 is 0. The van der Waals surface area contributed by atoms with Crippen molar-refractivity contribution in [2.24, 2.45) is 0 Å². The molecule has 0 aliphatic carbocycles. The highest BCUT2D eigenvalue weighted by atomic mass is 16.5. The fourth-order valence-electron chi connectivity index (χ4n) is 3.69. The maximum atomic E-state index is 12.9. The standard InChI is InChI=1S/C27H25N3O3/c1-3-15-32-27-29-24-19(4-2)13-14-23(25(24)30-27)26(31)33-17-18-9-11-20(12-10-18)22-8-6-5-7-21(22)16-28/h5-14H,3-4,15,17H2,1-2H3,(H,29,30). The van der Waals surface area contributed by atoms with Crippen LogP contribution in [-0.4, -0.2) is 22.5 Å². The van der Waals surface area contributed by atoms with Gasteiger partial charge in [-0.1, -0.05) is 62.4 Å². The third-order valence-electron chi connectivity index (χ3n) is 5.43. The monoisotopic (exact) mass is 439 g/mol. The molecule has 1 heterocycles. The summed E-state index contributed by atoms with van der Waals surface area (Å²) in [7, 11) is 0. The predicted octanol–water partition coefficient (Wildman–Crippen LogP) is 5.81. The van der Waals surface area contributed by atoms with Gasteiger partial charge in [-0.25, -0.2) is 4.79 Å². The normalized spacial score (nSPS) is 10.7. The van der Waals surface area contributed by atoms with E-state index in [1.807, 2.05) is 62.4 Å². The van der Waals surface area contributed by atoms with E-state index >= 15 is 0 Å². The molecule has 0 saturated carbocycles. The van der Waals surface area contributed by atoms with E-state index in [1.54, 1.807) is 12.1 Å². The quantitative estimate of drug-likeness (QED) is 0.350. The zero-order valence-electron chi connectivity index (χ0n) is 18.7. The molecule has 0 aliphatic rings. The lowest BCUT2D eigenvalue weighted by molar-refractivity contribution is 0.0475. The van der Waals surface area contributed by atoms with Crippen molar-refractivity contribution in [3.8, 4) is 23.2 Å². The summed E-state index contributed by atoms with van der Waals surface area (Å²) in [6, 6.07) is 21.4. The number of carbonyl (C=O) groups excluding carboxylic acids is 1. The first-order valence-electron chi connectivity index (χ1n) is 11.0. The first-order valence-corrected chi connectivity index (χ1v) is 11.0. The number of nitrogens with zero attached hydrogens (tertiary/aromatic N) is 2. The summed E-state index contributed by atoms with van der Waals surface area (Å²) in [6.45, 7) is 4.77. The lowest BCUT2D eigenvalue weighted by Crippen LogP contribution is -2.06. The molecule has 1 aromatic heterocycles. The van der Waals surface area contributed by atoms with Crippen LogP contribution in [-0.2, 0) is 17.8 Å². The number of esters is 1. The van der Waals surface area contributed by atoms with Crippen LogP contribution >= 0.6 is 0 Å². The van der Waals surface area contributed by atoms with Gasteiger partial charge in [0.1, 0.15) is 6.61 Å². The molecule has 0 spiro atoms. The van der Waals surface area contributed by atoms with Gasteiger partial charge in [0.15, 0.2) is 0 Å². The molecule has 0 saturated heterocycles. The second-order valence-electron chi connectivity index (χ2n) is 7.67. The van der Waals surface area contributed by atoms with Crippen molar-refractivity contribution in [2.45, 2.75) is 33.3 Å². The zero-order chi connectivity index (χ0) is 23.2. The van der Waals surface area contributed by atoms with Crippen molar-refractivity contribution >= 4 is 17.0 Å². The van der Waals surface area contributed by atoms with Crippen molar-refractivity contribution in [3.05, 3.63) is 82.9 Å². The Kier molecular flexibility index (Phi) is 6.70. The number of benzene rings is 3. The first kappa shape index (κ1) is 22.1. The number of carbonyl (C=O) groups is 1. The van der Waals surface area contributed by atoms with E-state index < -0.39 is 5.97 Å². The fraction of sp³-hybridized carbons (Fsp3) is 0.222. The van der Waals surface area contributed by atoms with Crippen LogP contribution in [0.4, 0.5) is 0 Å². The fourth-order valence-corrected chi connectivity index (χ4v) is 3.69. The lowest BCUT2D eigenvalue weighted by Gasteiger charge is -2.09. The van der Waals surface area contributed by atoms with Gasteiger partial charge in [0.2, 0.25) is 0 Å². The third kappa shape index (κ3) is 4.73. The van der Waals surface area contributed by atoms with Gasteiger partial charge < -0.3 is 14.5 Å². The predicted molar refractivity (Wildman–Crippen MR) is 127 cm³/mol. The highest BCUT2D eigenvalue weighted by Crippen LogP contribution is 2.26. The minimum absolute atomic E-state index is 0.142. The maximum absolute atomic E-state index is 12.9. The van der Waals surface area contributed by atoms with E-state index in [2.05, 4.69) is 16.0 Å². The van der Waals surface area contributed by atoms with Crippen molar-refractivity contribution in [3.63, 3.8) is 0 Å². The Morgan fingerprint density at radius 3 is 2.58 bits per heavy atom. The number of rotatable bonds is 8. The molecular weight excluding hydrogens is 414 g/mol. The summed E-state index contributed by atoms with van der Waals surface area (Å²) in [5.41, 5.74) is 6.14. The number of nitrogens with one attached hydrogen (secondary N) is 1. The molecule has 0 bridgehead atoms. The average Bonchev–Trinajstić information content (AvgIpc) is 3.30. The van der Waals surface area contributed by atoms with Gasteiger partial charge in [0, 0.05) is 0 Å². The van der Waals surface area contributed by atoms with Crippen LogP contribution < -0.4 is 4.74 Å². The summed E-state index contributed by atoms with van der Waals surface area (Å²) in [5, 5.41) is 9.32. The Morgan fingerprint density at radius 1 is 1.06 bits per heavy atom. The Hall–Kier alpha value is -4.11. The second kappa shape index (κ2) is 10.0. The molecule has 0 atom stereocenters. The Balaban J connectivity index is 1.51. The van der Waals surface area contributed by atoms with Gasteiger partial charge in [0.25, 0.3) is 6.01 Å². The van der Waals surface area contributed by atoms with Crippen molar-refractivity contribution < 1.29 is 14.3 Å². The van der Waals surface area contributed by atoms with Crippen LogP contribution in [0.25, 0.3) is 22.2 Å². The van der Waals surface area contributed by atoms with Gasteiger partial charge in [0.05, 0.1) is 34.8 Å². The van der Waals surface area contributed by atoms with Gasteiger partial charge in [-0.2, -0.15) is 10.2 Å². The number of fused-ring (bicyclic) bond motifs is 1. The Morgan fingerprint density at radius 2 is 1.85 bits per heavy atom. The van der Waals surface area contributed by atoms with Crippen molar-refractivity contribution in [2.75, 3.05) is 6.61 Å². The number of imidazole rings is 1. The molecule has 3 aromatic carbocycles. The van der Waals surface area contributed by atoms with Gasteiger partial charge in [-0.15, -0.1) is 0 Å². The molecule has 4 rings (SSSR count). The van der Waals surface area contributed by atoms with E-state index in [9.17, 15) is 10.1 Å². The number of aromatic amines is 1. The van der Waals surface area contributed by atoms with E-state index in [0.717, 1.165) is 40.6 Å². The largest absolute Gasteiger partial charge is 0.465 e. The number of ether oxygens (including phenoxy) is 2. The van der Waals surface area contributed by atoms with Gasteiger partial charge in [-0.3, -0.25) is 0 Å². The van der Waals surface area contributed by atoms with Crippen LogP contribution in [0.5, 0.6) is 6.01 Å². The molecule has 33 heavy (non-hydrogen) atoms. The third-order valence-corrected chi connectivity index (χ3v) is 5.43. The molecule has 0 fully saturated rings. The van der Waals surface area contributed by atoms with Gasteiger partial charge >= 0.3 is 5.97 Å². The van der Waals surface area contributed by atoms with E-state index in [0.29, 0.717) is 29.3 Å². The molecule has 0 unspecified atom stereocenters. The van der Waals surface area contributed by atoms with Crippen molar-refractivity contribution in [1.29, 1.82) is 5.26 Å². The van der Waals surface area contributed by atoms with Crippen LogP contribution in [0.2, 0.25) is 0 Å². The van der Waals surface area contributed by atoms with Crippen LogP contribution in [0.15, 0.2) is 60.7 Å². The lowest BCUT2D eigenvalue weighted by atomic mass is 9.99. The molecule has 0 aliphatic heterocycles. The SMILES string of the molecule is CCCOc1nc2c(CC)ccc(C(=O)OCc3ccc(-c4ccccc4C#N)cc3)c2[nH]1. The molecule has 166 valence electrons. The summed E-state index contributed by atoms with van der Waals surface area (Å²) in [5.74, 6) is -0.424. The van der Waals surface area contributed by atoms with E-state index in [-0.39, 0.29) is 6.61 Å². The van der Waals surface area contributed by atoms with E-state index in [1.165, 1.54) is 0 Å². The minimum atomic E-state index is -0.424. The number of aromatic nitrogens is 2. The second-order valence-corrected chi connectivity index (χ2v) is 7.67. The summed E-state index contributed by atoms with van der Waals surface area (Å²) in [6.07, 6.45) is 1.67. The van der Waals surface area contributed by atoms with Crippen LogP contribution in [0, 0.1) is 11.3 Å². The highest BCUT2D eigenvalue weighted by Gasteiger charge is 2.18. The summed E-state index contributed by atoms with van der Waals surface area (Å²) < 4.78 is 11.2. The number of aryl methyl sites for hydroxylation is 1. The number of hydrogen-bond acceptors (Lipinski definition) is 5. The highest BCUT2D eigenvalue weighted by molar-refractivity contribution is 6.03. The number of nitriles is 1. The smallest absolute Gasteiger partial charge is 0.340 e. The minimum Gasteiger partial charge on any atom is -0.465 e. The molecule has 6 nitrogen and oxygen atoms in total. The zero-order valence-corrected chi connectivity index (χ0v) is 18.7. The maximum Gasteiger partial charge on any atom is 0.340 e. The first-order chi connectivity index (χ1) is 16.1. The molecule has 4 aromatic rings. The molecule has 6 heteroatoms. The topological polar surface area (TPSA) is 88.0 Å². The van der Waals surface area contributed by atoms with Crippen LogP contribution in [0.3, 0.4) is 0 Å². The average molecular weight is 440 g/mol. The van der Waals surface area contributed by atoms with Crippen LogP contribution in [0.1, 0.15) is 47.3 Å². The van der Waals surface area contributed by atoms with Crippen molar-refractivity contribution in [1.82, 2.24) is 9.97 Å². The molecule has 1 N–H and O–H groups in total. The Labute approximate surface area is 192 Å².